The topological polar surface area (TPSA) is 87.5 Å². The number of carbonyl (C=O) groups is 2. The van der Waals surface area contributed by atoms with E-state index in [1.54, 1.807) is 0 Å². The fourth-order valence-electron chi connectivity index (χ4n) is 3.72. The Kier molecular flexibility index (Phi) is 6.03. The van der Waals surface area contributed by atoms with Gasteiger partial charge in [-0.05, 0) is 30.6 Å². The third-order valence-electron chi connectivity index (χ3n) is 5.44. The summed E-state index contributed by atoms with van der Waals surface area (Å²) in [5.74, 6) is 0.242. The van der Waals surface area contributed by atoms with Crippen LogP contribution in [-0.2, 0) is 4.79 Å². The smallest absolute Gasteiger partial charge is 0.321 e. The van der Waals surface area contributed by atoms with E-state index >= 15 is 0 Å². The number of imide groups is 1. The van der Waals surface area contributed by atoms with Crippen LogP contribution < -0.4 is 16.4 Å². The summed E-state index contributed by atoms with van der Waals surface area (Å²) in [7, 11) is 0. The lowest BCUT2D eigenvalue weighted by Crippen LogP contribution is -2.55. The number of nitrogens with one attached hydrogen (secondary N) is 2. The van der Waals surface area contributed by atoms with E-state index in [1.807, 2.05) is 0 Å². The van der Waals surface area contributed by atoms with Crippen molar-refractivity contribution in [1.82, 2.24) is 15.5 Å². The molecule has 2 fully saturated rings. The van der Waals surface area contributed by atoms with Gasteiger partial charge in [0.25, 0.3) is 0 Å². The highest BCUT2D eigenvalue weighted by Gasteiger charge is 2.34. The van der Waals surface area contributed by atoms with E-state index < -0.39 is 0 Å². The van der Waals surface area contributed by atoms with Gasteiger partial charge in [0.15, 0.2) is 0 Å². The van der Waals surface area contributed by atoms with Crippen LogP contribution >= 0.6 is 0 Å². The third-order valence-corrected chi connectivity index (χ3v) is 5.44. The number of hydrogen-bond acceptors (Lipinski definition) is 4. The van der Waals surface area contributed by atoms with Gasteiger partial charge in [-0.15, -0.1) is 0 Å². The monoisotopic (exact) mass is 324 g/mol. The summed E-state index contributed by atoms with van der Waals surface area (Å²) in [6.07, 6.45) is 5.40. The maximum atomic E-state index is 12.1. The van der Waals surface area contributed by atoms with Gasteiger partial charge < -0.3 is 11.1 Å². The van der Waals surface area contributed by atoms with Gasteiger partial charge in [0, 0.05) is 25.2 Å². The standard InChI is InChI=1S/C17H32N4O2/c1-12-6-4-5-7-13(12)19-16(23)20-15(22)10-21-9-8-14(18)17(2,3)11-21/h12-14H,4-11,18H2,1-3H3,(H2,19,20,22,23). The van der Waals surface area contributed by atoms with Crippen molar-refractivity contribution < 1.29 is 9.59 Å². The minimum absolute atomic E-state index is 0.00167. The number of amides is 3. The number of hydrogen-bond donors (Lipinski definition) is 3. The highest BCUT2D eigenvalue weighted by atomic mass is 16.2. The summed E-state index contributed by atoms with van der Waals surface area (Å²) in [5.41, 5.74) is 6.11. The molecular formula is C17H32N4O2. The predicted octanol–water partition coefficient (Wildman–Crippen LogP) is 1.45. The Morgan fingerprint density at radius 3 is 2.57 bits per heavy atom. The molecule has 3 atom stereocenters. The molecule has 6 heteroatoms. The van der Waals surface area contributed by atoms with E-state index in [4.69, 9.17) is 5.73 Å². The molecule has 0 radical (unpaired) electrons. The quantitative estimate of drug-likeness (QED) is 0.733. The number of nitrogens with zero attached hydrogens (tertiary/aromatic N) is 1. The summed E-state index contributed by atoms with van der Waals surface area (Å²) in [5, 5.41) is 5.42. The zero-order valence-corrected chi connectivity index (χ0v) is 14.7. The van der Waals surface area contributed by atoms with E-state index in [0.717, 1.165) is 38.8 Å². The average molecular weight is 324 g/mol. The summed E-state index contributed by atoms with van der Waals surface area (Å²) in [6.45, 7) is 8.24. The van der Waals surface area contributed by atoms with Gasteiger partial charge in [0.1, 0.15) is 0 Å². The molecule has 0 aromatic rings. The first-order chi connectivity index (χ1) is 10.8. The van der Waals surface area contributed by atoms with Crippen LogP contribution in [-0.4, -0.2) is 48.6 Å². The normalized spacial score (nSPS) is 31.4. The Balaban J connectivity index is 1.75. The first-order valence-electron chi connectivity index (χ1n) is 8.86. The van der Waals surface area contributed by atoms with Crippen LogP contribution in [0, 0.1) is 11.3 Å². The zero-order chi connectivity index (χ0) is 17.0. The second-order valence-electron chi connectivity index (χ2n) is 7.98. The molecule has 1 saturated heterocycles. The van der Waals surface area contributed by atoms with E-state index in [0.29, 0.717) is 5.92 Å². The van der Waals surface area contributed by atoms with Crippen molar-refractivity contribution >= 4 is 11.9 Å². The highest BCUT2D eigenvalue weighted by Crippen LogP contribution is 2.27. The van der Waals surface area contributed by atoms with Gasteiger partial charge in [-0.1, -0.05) is 33.6 Å². The fraction of sp³-hybridized carbons (Fsp3) is 0.882. The minimum atomic E-state index is -0.360. The number of likely N-dealkylation sites (tertiary alicyclic amines) is 1. The molecule has 6 nitrogen and oxygen atoms in total. The molecule has 4 N–H and O–H groups in total. The summed E-state index contributed by atoms with van der Waals surface area (Å²) >= 11 is 0. The Morgan fingerprint density at radius 1 is 1.22 bits per heavy atom. The lowest BCUT2D eigenvalue weighted by atomic mass is 9.80. The van der Waals surface area contributed by atoms with E-state index in [2.05, 4.69) is 36.3 Å². The average Bonchev–Trinajstić information content (AvgIpc) is 2.45. The van der Waals surface area contributed by atoms with Gasteiger partial charge in [0.2, 0.25) is 5.91 Å². The molecule has 0 spiro atoms. The molecule has 1 aliphatic heterocycles. The Hall–Kier alpha value is -1.14. The molecule has 132 valence electrons. The minimum Gasteiger partial charge on any atom is -0.335 e. The van der Waals surface area contributed by atoms with Gasteiger partial charge in [-0.3, -0.25) is 15.0 Å². The van der Waals surface area contributed by atoms with Gasteiger partial charge in [-0.2, -0.15) is 0 Å². The molecule has 0 bridgehead atoms. The van der Waals surface area contributed by atoms with Gasteiger partial charge in [-0.25, -0.2) is 4.79 Å². The number of piperidine rings is 1. The lowest BCUT2D eigenvalue weighted by molar-refractivity contribution is -0.122. The Morgan fingerprint density at radius 2 is 1.91 bits per heavy atom. The number of urea groups is 1. The third kappa shape index (κ3) is 5.18. The van der Waals surface area contributed by atoms with Crippen LogP contribution in [0.3, 0.4) is 0 Å². The SMILES string of the molecule is CC1CCCCC1NC(=O)NC(=O)CN1CCC(N)C(C)(C)C1. The Bertz CT molecular complexity index is 438. The lowest BCUT2D eigenvalue weighted by Gasteiger charge is -2.42. The molecule has 23 heavy (non-hydrogen) atoms. The van der Waals surface area contributed by atoms with Crippen molar-refractivity contribution in [2.24, 2.45) is 17.1 Å². The van der Waals surface area contributed by atoms with Crippen LogP contribution in [0.2, 0.25) is 0 Å². The van der Waals surface area contributed by atoms with Crippen molar-refractivity contribution in [3.8, 4) is 0 Å². The van der Waals surface area contributed by atoms with Crippen molar-refractivity contribution in [3.63, 3.8) is 0 Å². The van der Waals surface area contributed by atoms with Crippen molar-refractivity contribution in [2.45, 2.75) is 65.0 Å². The first kappa shape index (κ1) is 18.2. The van der Waals surface area contributed by atoms with Gasteiger partial charge >= 0.3 is 6.03 Å². The second-order valence-corrected chi connectivity index (χ2v) is 7.98. The van der Waals surface area contributed by atoms with E-state index in [-0.39, 0.29) is 36.0 Å². The predicted molar refractivity (Wildman–Crippen MR) is 90.9 cm³/mol. The van der Waals surface area contributed by atoms with Crippen LogP contribution in [0.5, 0.6) is 0 Å². The van der Waals surface area contributed by atoms with E-state index in [9.17, 15) is 9.59 Å². The van der Waals surface area contributed by atoms with Crippen molar-refractivity contribution in [3.05, 3.63) is 0 Å². The molecule has 1 aliphatic carbocycles. The molecule has 0 aromatic carbocycles. The first-order valence-corrected chi connectivity index (χ1v) is 8.86. The largest absolute Gasteiger partial charge is 0.335 e. The maximum absolute atomic E-state index is 12.1. The number of carbonyl (C=O) groups excluding carboxylic acids is 2. The van der Waals surface area contributed by atoms with Crippen LogP contribution in [0.1, 0.15) is 52.9 Å². The molecule has 2 aliphatic rings. The van der Waals surface area contributed by atoms with Crippen LogP contribution in [0.25, 0.3) is 0 Å². The summed E-state index contributed by atoms with van der Waals surface area (Å²) in [6, 6.07) is -0.0110. The number of rotatable bonds is 3. The summed E-state index contributed by atoms with van der Waals surface area (Å²) in [4.78, 5) is 26.2. The molecule has 1 heterocycles. The molecular weight excluding hydrogens is 292 g/mol. The molecule has 1 saturated carbocycles. The second kappa shape index (κ2) is 7.62. The zero-order valence-electron chi connectivity index (χ0n) is 14.7. The van der Waals surface area contributed by atoms with Crippen LogP contribution in [0.4, 0.5) is 4.79 Å². The fourth-order valence-corrected chi connectivity index (χ4v) is 3.72. The van der Waals surface area contributed by atoms with Crippen LogP contribution in [0.15, 0.2) is 0 Å². The molecule has 0 aromatic heterocycles. The van der Waals surface area contributed by atoms with Gasteiger partial charge in [0.05, 0.1) is 6.54 Å². The maximum Gasteiger partial charge on any atom is 0.321 e. The van der Waals surface area contributed by atoms with Crippen molar-refractivity contribution in [1.29, 1.82) is 0 Å². The highest BCUT2D eigenvalue weighted by molar-refractivity contribution is 5.95. The van der Waals surface area contributed by atoms with E-state index in [1.165, 1.54) is 6.42 Å². The Labute approximate surface area is 139 Å². The molecule has 2 rings (SSSR count). The summed E-state index contributed by atoms with van der Waals surface area (Å²) < 4.78 is 0. The number of nitrogens with two attached hydrogens (primary N) is 1. The molecule has 3 amide bonds. The van der Waals surface area contributed by atoms with Crippen molar-refractivity contribution in [2.75, 3.05) is 19.6 Å². The molecule has 3 unspecified atom stereocenters.